The van der Waals surface area contributed by atoms with E-state index in [1.165, 1.54) is 65.0 Å². The lowest BCUT2D eigenvalue weighted by Gasteiger charge is -2.62. The number of hydrogen-bond donors (Lipinski definition) is 0. The molecular weight excluding hydrogens is 306 g/mol. The molecule has 1 aliphatic carbocycles. The van der Waals surface area contributed by atoms with Crippen molar-refractivity contribution in [3.05, 3.63) is 0 Å². The van der Waals surface area contributed by atoms with Crippen molar-refractivity contribution < 1.29 is 0 Å². The van der Waals surface area contributed by atoms with Gasteiger partial charge in [-0.1, -0.05) is 20.8 Å². The number of nitrogens with zero attached hydrogens (tertiary/aromatic N) is 3. The summed E-state index contributed by atoms with van der Waals surface area (Å²) in [7, 11) is 0. The van der Waals surface area contributed by atoms with Crippen LogP contribution in [-0.4, -0.2) is 71.6 Å². The van der Waals surface area contributed by atoms with Crippen molar-refractivity contribution >= 4 is 0 Å². The molecular formula is C22H41N3. The van der Waals surface area contributed by atoms with Gasteiger partial charge in [-0.2, -0.15) is 0 Å². The first-order chi connectivity index (χ1) is 11.6. The van der Waals surface area contributed by atoms with Crippen LogP contribution in [-0.2, 0) is 0 Å². The van der Waals surface area contributed by atoms with E-state index in [4.69, 9.17) is 0 Å². The van der Waals surface area contributed by atoms with Crippen LogP contribution in [0.3, 0.4) is 0 Å². The Hall–Kier alpha value is -0.120. The van der Waals surface area contributed by atoms with Crippen molar-refractivity contribution in [2.75, 3.05) is 39.3 Å². The van der Waals surface area contributed by atoms with E-state index in [-0.39, 0.29) is 0 Å². The van der Waals surface area contributed by atoms with Gasteiger partial charge in [0.05, 0.1) is 0 Å². The fraction of sp³-hybridized carbons (Fsp3) is 1.00. The van der Waals surface area contributed by atoms with Crippen molar-refractivity contribution in [2.45, 2.75) is 84.8 Å². The Labute approximate surface area is 156 Å². The highest BCUT2D eigenvalue weighted by atomic mass is 15.4. The van der Waals surface area contributed by atoms with E-state index >= 15 is 0 Å². The Morgan fingerprint density at radius 1 is 0.720 bits per heavy atom. The Morgan fingerprint density at radius 2 is 1.24 bits per heavy atom. The van der Waals surface area contributed by atoms with E-state index in [9.17, 15) is 0 Å². The summed E-state index contributed by atoms with van der Waals surface area (Å²) >= 11 is 0. The normalized spacial score (nSPS) is 31.0. The van der Waals surface area contributed by atoms with Gasteiger partial charge >= 0.3 is 0 Å². The summed E-state index contributed by atoms with van der Waals surface area (Å²) < 4.78 is 0. The van der Waals surface area contributed by atoms with Gasteiger partial charge in [0, 0.05) is 43.8 Å². The van der Waals surface area contributed by atoms with Crippen LogP contribution in [0.2, 0.25) is 0 Å². The van der Waals surface area contributed by atoms with E-state index in [1.807, 2.05) is 0 Å². The van der Waals surface area contributed by atoms with Crippen LogP contribution < -0.4 is 0 Å². The van der Waals surface area contributed by atoms with Gasteiger partial charge in [-0.3, -0.25) is 14.7 Å². The van der Waals surface area contributed by atoms with Gasteiger partial charge in [-0.15, -0.1) is 0 Å². The molecule has 4 rings (SSSR count). The Balaban J connectivity index is 1.16. The molecule has 1 saturated carbocycles. The second kappa shape index (κ2) is 5.94. The third-order valence-electron chi connectivity index (χ3n) is 8.17. The van der Waals surface area contributed by atoms with E-state index < -0.39 is 0 Å². The molecule has 0 aromatic carbocycles. The minimum absolute atomic E-state index is 0.359. The molecule has 0 amide bonds. The van der Waals surface area contributed by atoms with E-state index in [2.05, 4.69) is 56.2 Å². The van der Waals surface area contributed by atoms with Crippen molar-refractivity contribution in [3.8, 4) is 0 Å². The zero-order valence-electron chi connectivity index (χ0n) is 17.6. The zero-order chi connectivity index (χ0) is 18.0. The number of likely N-dealkylation sites (tertiary alicyclic amines) is 3. The van der Waals surface area contributed by atoms with Crippen LogP contribution in [0.1, 0.15) is 67.2 Å². The molecule has 25 heavy (non-hydrogen) atoms. The predicted molar refractivity (Wildman–Crippen MR) is 106 cm³/mol. The highest BCUT2D eigenvalue weighted by Crippen LogP contribution is 2.52. The summed E-state index contributed by atoms with van der Waals surface area (Å²) in [6.07, 6.45) is 5.86. The Kier molecular flexibility index (Phi) is 4.34. The summed E-state index contributed by atoms with van der Waals surface area (Å²) in [5, 5.41) is 0. The third-order valence-corrected chi connectivity index (χ3v) is 8.17. The van der Waals surface area contributed by atoms with Crippen LogP contribution >= 0.6 is 0 Å². The maximum atomic E-state index is 2.80. The summed E-state index contributed by atoms with van der Waals surface area (Å²) in [6.45, 7) is 22.4. The molecule has 3 aliphatic heterocycles. The molecule has 3 nitrogen and oxygen atoms in total. The van der Waals surface area contributed by atoms with E-state index in [0.717, 1.165) is 18.0 Å². The standard InChI is InChI=1S/C22H41N3/c1-20(2,3)17-13-23(14-17)19-15-24(16-19)18-11-22(12-18)7-9-25(10-8-22)21(4,5)6/h17-19H,7-16H2,1-6H3. The Morgan fingerprint density at radius 3 is 1.72 bits per heavy atom. The molecule has 4 fully saturated rings. The molecule has 3 heteroatoms. The highest BCUT2D eigenvalue weighted by Gasteiger charge is 2.52. The lowest BCUT2D eigenvalue weighted by Crippen LogP contribution is -2.70. The van der Waals surface area contributed by atoms with Crippen LogP contribution in [0.15, 0.2) is 0 Å². The summed E-state index contributed by atoms with van der Waals surface area (Å²) in [4.78, 5) is 8.25. The lowest BCUT2D eigenvalue weighted by atomic mass is 9.59. The summed E-state index contributed by atoms with van der Waals surface area (Å²) in [5.41, 5.74) is 1.57. The van der Waals surface area contributed by atoms with Crippen LogP contribution in [0, 0.1) is 16.7 Å². The molecule has 0 atom stereocenters. The molecule has 3 heterocycles. The summed E-state index contributed by atoms with van der Waals surface area (Å²) in [5.74, 6) is 0.918. The fourth-order valence-corrected chi connectivity index (χ4v) is 5.63. The molecule has 0 aromatic heterocycles. The first-order valence-electron chi connectivity index (χ1n) is 10.8. The molecule has 0 bridgehead atoms. The number of piperidine rings is 1. The van der Waals surface area contributed by atoms with Gasteiger partial charge in [-0.05, 0) is 76.3 Å². The second-order valence-electron chi connectivity index (χ2n) is 11.8. The van der Waals surface area contributed by atoms with Crippen molar-refractivity contribution in [1.29, 1.82) is 0 Å². The maximum Gasteiger partial charge on any atom is 0.0350 e. The van der Waals surface area contributed by atoms with E-state index in [1.54, 1.807) is 0 Å². The van der Waals surface area contributed by atoms with Gasteiger partial charge in [0.15, 0.2) is 0 Å². The zero-order valence-corrected chi connectivity index (χ0v) is 17.6. The average Bonchev–Trinajstić information content (AvgIpc) is 2.35. The van der Waals surface area contributed by atoms with Gasteiger partial charge in [0.2, 0.25) is 0 Å². The van der Waals surface area contributed by atoms with E-state index in [0.29, 0.717) is 16.4 Å². The minimum Gasteiger partial charge on any atom is -0.298 e. The molecule has 3 saturated heterocycles. The molecule has 0 N–H and O–H groups in total. The monoisotopic (exact) mass is 347 g/mol. The molecule has 4 aliphatic rings. The van der Waals surface area contributed by atoms with Crippen molar-refractivity contribution in [2.24, 2.45) is 16.7 Å². The largest absolute Gasteiger partial charge is 0.298 e. The average molecular weight is 348 g/mol. The highest BCUT2D eigenvalue weighted by molar-refractivity contribution is 5.06. The Bertz CT molecular complexity index is 472. The number of rotatable bonds is 2. The predicted octanol–water partition coefficient (Wildman–Crippen LogP) is 3.69. The smallest absolute Gasteiger partial charge is 0.0350 e. The quantitative estimate of drug-likeness (QED) is 0.754. The van der Waals surface area contributed by atoms with Crippen molar-refractivity contribution in [3.63, 3.8) is 0 Å². The first kappa shape index (κ1) is 18.3. The SMILES string of the molecule is CC(C)(C)C1CN(C2CN(C3CC4(CCN(C(C)(C)C)CC4)C3)C2)C1. The third kappa shape index (κ3) is 3.41. The van der Waals surface area contributed by atoms with Crippen molar-refractivity contribution in [1.82, 2.24) is 14.7 Å². The van der Waals surface area contributed by atoms with Gasteiger partial charge in [-0.25, -0.2) is 0 Å². The maximum absolute atomic E-state index is 2.80. The molecule has 0 radical (unpaired) electrons. The first-order valence-corrected chi connectivity index (χ1v) is 10.8. The van der Waals surface area contributed by atoms with Gasteiger partial charge in [0.1, 0.15) is 0 Å². The van der Waals surface area contributed by atoms with Crippen LogP contribution in [0.4, 0.5) is 0 Å². The number of hydrogen-bond acceptors (Lipinski definition) is 3. The van der Waals surface area contributed by atoms with Crippen LogP contribution in [0.5, 0.6) is 0 Å². The lowest BCUT2D eigenvalue weighted by molar-refractivity contribution is -0.119. The second-order valence-corrected chi connectivity index (χ2v) is 11.8. The van der Waals surface area contributed by atoms with Crippen LogP contribution in [0.25, 0.3) is 0 Å². The molecule has 0 aromatic rings. The topological polar surface area (TPSA) is 9.72 Å². The fourth-order valence-electron chi connectivity index (χ4n) is 5.63. The molecule has 144 valence electrons. The minimum atomic E-state index is 0.359. The molecule has 1 spiro atoms. The molecule has 0 unspecified atom stereocenters. The summed E-state index contributed by atoms with van der Waals surface area (Å²) in [6, 6.07) is 1.79. The van der Waals surface area contributed by atoms with Gasteiger partial charge < -0.3 is 0 Å². The van der Waals surface area contributed by atoms with Gasteiger partial charge in [0.25, 0.3) is 0 Å².